The highest BCUT2D eigenvalue weighted by atomic mass is 14.9. The van der Waals surface area contributed by atoms with Gasteiger partial charge >= 0.3 is 0 Å². The summed E-state index contributed by atoms with van der Waals surface area (Å²) in [4.78, 5) is 0. The Morgan fingerprint density at radius 1 is 1.17 bits per heavy atom. The van der Waals surface area contributed by atoms with Gasteiger partial charge in [-0.15, -0.1) is 0 Å². The Morgan fingerprint density at radius 3 is 2.61 bits per heavy atom. The number of hydrogen-bond acceptors (Lipinski definition) is 1. The number of rotatable bonds is 5. The number of benzene rings is 1. The maximum Gasteiger partial charge on any atom is 0.0483 e. The van der Waals surface area contributed by atoms with Crippen molar-refractivity contribution in [2.45, 2.75) is 46.2 Å². The van der Waals surface area contributed by atoms with Crippen LogP contribution >= 0.6 is 0 Å². The first-order chi connectivity index (χ1) is 8.56. The molecule has 2 N–H and O–H groups in total. The maximum absolute atomic E-state index is 5.87. The Hall–Kier alpha value is -1.28. The Kier molecular flexibility index (Phi) is 4.07. The van der Waals surface area contributed by atoms with Crippen molar-refractivity contribution >= 4 is 10.9 Å². The molecule has 0 radical (unpaired) electrons. The van der Waals surface area contributed by atoms with Crippen LogP contribution in [0.15, 0.2) is 30.5 Å². The normalized spacial score (nSPS) is 13.4. The van der Waals surface area contributed by atoms with Crippen LogP contribution in [0.2, 0.25) is 0 Å². The van der Waals surface area contributed by atoms with Crippen molar-refractivity contribution < 1.29 is 0 Å². The van der Waals surface area contributed by atoms with Gasteiger partial charge in [-0.2, -0.15) is 0 Å². The standard InChI is InChI=1S/C16H24N2/c1-12(2)6-8-18-9-7-15-5-4-14(10-13(3)17)11-16(15)18/h4-5,7,9,11-13H,6,8,10,17H2,1-3H3. The minimum atomic E-state index is 0.224. The van der Waals surface area contributed by atoms with E-state index in [4.69, 9.17) is 5.73 Å². The van der Waals surface area contributed by atoms with E-state index in [9.17, 15) is 0 Å². The van der Waals surface area contributed by atoms with Gasteiger partial charge in [0.05, 0.1) is 0 Å². The second-order valence-corrected chi connectivity index (χ2v) is 5.77. The minimum absolute atomic E-state index is 0.224. The predicted molar refractivity (Wildman–Crippen MR) is 78.7 cm³/mol. The van der Waals surface area contributed by atoms with Crippen LogP contribution in [-0.4, -0.2) is 10.6 Å². The topological polar surface area (TPSA) is 30.9 Å². The number of aromatic nitrogens is 1. The fraction of sp³-hybridized carbons (Fsp3) is 0.500. The third-order valence-corrected chi connectivity index (χ3v) is 3.34. The highest BCUT2D eigenvalue weighted by Gasteiger charge is 2.04. The lowest BCUT2D eigenvalue weighted by Gasteiger charge is -2.10. The van der Waals surface area contributed by atoms with Crippen molar-refractivity contribution in [2.24, 2.45) is 11.7 Å². The average molecular weight is 244 g/mol. The minimum Gasteiger partial charge on any atom is -0.347 e. The zero-order valence-corrected chi connectivity index (χ0v) is 11.7. The van der Waals surface area contributed by atoms with Gasteiger partial charge in [0.25, 0.3) is 0 Å². The van der Waals surface area contributed by atoms with Crippen LogP contribution in [0.25, 0.3) is 10.9 Å². The SMILES string of the molecule is CC(C)CCn1ccc2ccc(CC(C)N)cc21. The molecule has 0 amide bonds. The molecule has 98 valence electrons. The molecule has 0 saturated carbocycles. The van der Waals surface area contributed by atoms with Crippen LogP contribution in [-0.2, 0) is 13.0 Å². The molecule has 1 unspecified atom stereocenters. The molecule has 0 bridgehead atoms. The quantitative estimate of drug-likeness (QED) is 0.856. The van der Waals surface area contributed by atoms with Crippen LogP contribution in [0.1, 0.15) is 32.8 Å². The molecule has 2 nitrogen and oxygen atoms in total. The number of fused-ring (bicyclic) bond motifs is 1. The average Bonchev–Trinajstić information content (AvgIpc) is 2.68. The van der Waals surface area contributed by atoms with Crippen LogP contribution in [0, 0.1) is 5.92 Å². The first-order valence-corrected chi connectivity index (χ1v) is 6.89. The van der Waals surface area contributed by atoms with Gasteiger partial charge in [-0.05, 0) is 48.8 Å². The highest BCUT2D eigenvalue weighted by Crippen LogP contribution is 2.19. The summed E-state index contributed by atoms with van der Waals surface area (Å²) >= 11 is 0. The second kappa shape index (κ2) is 5.57. The zero-order chi connectivity index (χ0) is 13.1. The molecule has 18 heavy (non-hydrogen) atoms. The Balaban J connectivity index is 2.25. The molecular formula is C16H24N2. The van der Waals surface area contributed by atoms with Gasteiger partial charge in [0.15, 0.2) is 0 Å². The number of nitrogens with two attached hydrogens (primary N) is 1. The van der Waals surface area contributed by atoms with Crippen molar-refractivity contribution in [3.05, 3.63) is 36.0 Å². The summed E-state index contributed by atoms with van der Waals surface area (Å²) < 4.78 is 2.36. The third kappa shape index (κ3) is 3.14. The molecule has 0 saturated heterocycles. The summed E-state index contributed by atoms with van der Waals surface area (Å²) in [6, 6.07) is 9.11. The molecule has 0 aliphatic rings. The lowest BCUT2D eigenvalue weighted by Crippen LogP contribution is -2.17. The summed E-state index contributed by atoms with van der Waals surface area (Å²) in [7, 11) is 0. The molecular weight excluding hydrogens is 220 g/mol. The van der Waals surface area contributed by atoms with Gasteiger partial charge in [-0.3, -0.25) is 0 Å². The largest absolute Gasteiger partial charge is 0.347 e. The monoisotopic (exact) mass is 244 g/mol. The van der Waals surface area contributed by atoms with E-state index >= 15 is 0 Å². The first kappa shape index (κ1) is 13.2. The Morgan fingerprint density at radius 2 is 1.94 bits per heavy atom. The van der Waals surface area contributed by atoms with E-state index in [1.807, 2.05) is 0 Å². The molecule has 2 aromatic rings. The maximum atomic E-state index is 5.87. The third-order valence-electron chi connectivity index (χ3n) is 3.34. The van der Waals surface area contributed by atoms with Gasteiger partial charge in [-0.25, -0.2) is 0 Å². The van der Waals surface area contributed by atoms with Gasteiger partial charge in [0.2, 0.25) is 0 Å². The fourth-order valence-electron chi connectivity index (χ4n) is 2.32. The molecule has 1 aromatic carbocycles. The number of aryl methyl sites for hydroxylation is 1. The van der Waals surface area contributed by atoms with Gasteiger partial charge < -0.3 is 10.3 Å². The first-order valence-electron chi connectivity index (χ1n) is 6.89. The summed E-state index contributed by atoms with van der Waals surface area (Å²) in [5.74, 6) is 0.745. The van der Waals surface area contributed by atoms with E-state index < -0.39 is 0 Å². The zero-order valence-electron chi connectivity index (χ0n) is 11.7. The van der Waals surface area contributed by atoms with Crippen molar-refractivity contribution in [3.63, 3.8) is 0 Å². The van der Waals surface area contributed by atoms with Gasteiger partial charge in [-0.1, -0.05) is 26.0 Å². The van der Waals surface area contributed by atoms with Crippen molar-refractivity contribution in [1.82, 2.24) is 4.57 Å². The molecule has 0 aliphatic heterocycles. The summed E-state index contributed by atoms with van der Waals surface area (Å²) in [6.45, 7) is 7.70. The van der Waals surface area contributed by atoms with E-state index in [0.29, 0.717) is 0 Å². The van der Waals surface area contributed by atoms with E-state index in [-0.39, 0.29) is 6.04 Å². The predicted octanol–water partition coefficient (Wildman–Crippen LogP) is 3.58. The van der Waals surface area contributed by atoms with E-state index in [1.54, 1.807) is 0 Å². The highest BCUT2D eigenvalue weighted by molar-refractivity contribution is 5.80. The number of hydrogen-bond donors (Lipinski definition) is 1. The van der Waals surface area contributed by atoms with Crippen LogP contribution in [0.5, 0.6) is 0 Å². The van der Waals surface area contributed by atoms with Crippen LogP contribution in [0.3, 0.4) is 0 Å². The van der Waals surface area contributed by atoms with Crippen LogP contribution in [0.4, 0.5) is 0 Å². The summed E-state index contributed by atoms with van der Waals surface area (Å²) in [5, 5.41) is 1.33. The second-order valence-electron chi connectivity index (χ2n) is 5.77. The van der Waals surface area contributed by atoms with Crippen LogP contribution < -0.4 is 5.73 Å². The van der Waals surface area contributed by atoms with Crippen molar-refractivity contribution in [1.29, 1.82) is 0 Å². The molecule has 1 heterocycles. The summed E-state index contributed by atoms with van der Waals surface area (Å²) in [5.41, 5.74) is 8.55. The molecule has 1 aromatic heterocycles. The van der Waals surface area contributed by atoms with Crippen molar-refractivity contribution in [3.8, 4) is 0 Å². The lowest BCUT2D eigenvalue weighted by molar-refractivity contribution is 0.524. The summed E-state index contributed by atoms with van der Waals surface area (Å²) in [6.07, 6.45) is 4.37. The number of nitrogens with zero attached hydrogens (tertiary/aromatic N) is 1. The molecule has 0 spiro atoms. The molecule has 0 fully saturated rings. The van der Waals surface area contributed by atoms with E-state index in [0.717, 1.165) is 18.9 Å². The van der Waals surface area contributed by atoms with E-state index in [1.165, 1.54) is 22.9 Å². The molecule has 2 heteroatoms. The van der Waals surface area contributed by atoms with E-state index in [2.05, 4.69) is 55.8 Å². The molecule has 0 aliphatic carbocycles. The van der Waals surface area contributed by atoms with Crippen molar-refractivity contribution in [2.75, 3.05) is 0 Å². The molecule has 1 atom stereocenters. The lowest BCUT2D eigenvalue weighted by atomic mass is 10.1. The molecule has 2 rings (SSSR count). The smallest absolute Gasteiger partial charge is 0.0483 e. The fourth-order valence-corrected chi connectivity index (χ4v) is 2.32. The Labute approximate surface area is 110 Å². The Bertz CT molecular complexity index is 509. The van der Waals surface area contributed by atoms with Gasteiger partial charge in [0.1, 0.15) is 0 Å². The van der Waals surface area contributed by atoms with Gasteiger partial charge in [0, 0.05) is 24.3 Å².